The Morgan fingerprint density at radius 3 is 2.58 bits per heavy atom. The van der Waals surface area contributed by atoms with Gasteiger partial charge in [0.15, 0.2) is 0 Å². The molecule has 0 bridgehead atoms. The summed E-state index contributed by atoms with van der Waals surface area (Å²) < 4.78 is 43.6. The second-order valence-electron chi connectivity index (χ2n) is 5.54. The molecule has 0 amide bonds. The Bertz CT molecular complexity index is 339. The van der Waals surface area contributed by atoms with E-state index in [9.17, 15) is 18.0 Å². The molecular weight excluding hydrogens is 259 g/mol. The lowest BCUT2D eigenvalue weighted by Crippen LogP contribution is -2.51. The molecule has 1 N–H and O–H groups in total. The van der Waals surface area contributed by atoms with E-state index in [0.717, 1.165) is 12.8 Å². The van der Waals surface area contributed by atoms with E-state index >= 15 is 0 Å². The van der Waals surface area contributed by atoms with Crippen molar-refractivity contribution in [3.8, 4) is 0 Å². The normalized spacial score (nSPS) is 29.9. The van der Waals surface area contributed by atoms with Crippen LogP contribution in [0.2, 0.25) is 0 Å². The Labute approximate surface area is 110 Å². The number of alkyl halides is 3. The van der Waals surface area contributed by atoms with Crippen LogP contribution in [0.3, 0.4) is 0 Å². The van der Waals surface area contributed by atoms with Crippen molar-refractivity contribution in [2.75, 3.05) is 6.61 Å². The fourth-order valence-electron chi connectivity index (χ4n) is 2.82. The third-order valence-corrected chi connectivity index (χ3v) is 4.07. The predicted molar refractivity (Wildman–Crippen MR) is 63.5 cm³/mol. The van der Waals surface area contributed by atoms with E-state index < -0.39 is 11.7 Å². The maximum Gasteiger partial charge on any atom is 0.406 e. The average Bonchev–Trinajstić information content (AvgIpc) is 3.10. The molecule has 0 aliphatic heterocycles. The van der Waals surface area contributed by atoms with Gasteiger partial charge in [-0.15, -0.1) is 0 Å². The summed E-state index contributed by atoms with van der Waals surface area (Å²) in [5.41, 5.74) is -1.69. The zero-order valence-corrected chi connectivity index (χ0v) is 11.1. The minimum absolute atomic E-state index is 0.150. The van der Waals surface area contributed by atoms with Crippen LogP contribution in [0.15, 0.2) is 0 Å². The van der Waals surface area contributed by atoms with Crippen molar-refractivity contribution in [3.63, 3.8) is 0 Å². The van der Waals surface area contributed by atoms with Crippen LogP contribution in [0.5, 0.6) is 0 Å². The lowest BCUT2D eigenvalue weighted by Gasteiger charge is -2.32. The Balaban J connectivity index is 1.90. The largest absolute Gasteiger partial charge is 0.466 e. The molecule has 19 heavy (non-hydrogen) atoms. The average molecular weight is 279 g/mol. The fraction of sp³-hybridized carbons (Fsp3) is 0.923. The van der Waals surface area contributed by atoms with Gasteiger partial charge in [0, 0.05) is 6.04 Å². The first-order chi connectivity index (χ1) is 8.88. The first-order valence-electron chi connectivity index (χ1n) is 6.89. The number of hydrogen-bond acceptors (Lipinski definition) is 3. The highest BCUT2D eigenvalue weighted by molar-refractivity contribution is 5.72. The van der Waals surface area contributed by atoms with E-state index in [1.807, 2.05) is 0 Å². The van der Waals surface area contributed by atoms with E-state index in [-0.39, 0.29) is 30.8 Å². The molecule has 2 aliphatic rings. The maximum atomic E-state index is 12.9. The monoisotopic (exact) mass is 279 g/mol. The van der Waals surface area contributed by atoms with Crippen LogP contribution in [-0.2, 0) is 9.53 Å². The molecule has 0 aromatic heterocycles. The van der Waals surface area contributed by atoms with E-state index in [1.54, 1.807) is 6.92 Å². The van der Waals surface area contributed by atoms with Gasteiger partial charge in [0.2, 0.25) is 0 Å². The second kappa shape index (κ2) is 5.31. The molecule has 0 spiro atoms. The van der Waals surface area contributed by atoms with Crippen LogP contribution < -0.4 is 5.32 Å². The van der Waals surface area contributed by atoms with Crippen LogP contribution in [0.4, 0.5) is 13.2 Å². The SMILES string of the molecule is CCOC(=O)C1CCCC(NC2(C(F)(F)F)CC2)C1. The summed E-state index contributed by atoms with van der Waals surface area (Å²) in [6.45, 7) is 2.05. The fourth-order valence-corrected chi connectivity index (χ4v) is 2.82. The van der Waals surface area contributed by atoms with E-state index in [4.69, 9.17) is 4.74 Å². The molecule has 0 aromatic rings. The zero-order chi connectivity index (χ0) is 14.1. The molecule has 110 valence electrons. The third-order valence-electron chi connectivity index (χ3n) is 4.07. The molecule has 0 aromatic carbocycles. The van der Waals surface area contributed by atoms with Crippen LogP contribution in [0.1, 0.15) is 45.4 Å². The number of nitrogens with one attached hydrogen (secondary N) is 1. The third kappa shape index (κ3) is 3.22. The topological polar surface area (TPSA) is 38.3 Å². The Morgan fingerprint density at radius 2 is 2.05 bits per heavy atom. The standard InChI is InChI=1S/C13H20F3NO2/c1-2-19-11(18)9-4-3-5-10(8-9)17-12(6-7-12)13(14,15)16/h9-10,17H,2-8H2,1H3. The van der Waals surface area contributed by atoms with Crippen LogP contribution in [0.25, 0.3) is 0 Å². The molecule has 0 radical (unpaired) electrons. The van der Waals surface area contributed by atoms with Gasteiger partial charge in [0.25, 0.3) is 0 Å². The predicted octanol–water partition coefficient (Wildman–Crippen LogP) is 2.79. The highest BCUT2D eigenvalue weighted by Crippen LogP contribution is 2.50. The molecule has 2 unspecified atom stereocenters. The van der Waals surface area contributed by atoms with Gasteiger partial charge in [0.05, 0.1) is 12.5 Å². The van der Waals surface area contributed by atoms with Gasteiger partial charge in [-0.2, -0.15) is 13.2 Å². The molecular formula is C13H20F3NO2. The van der Waals surface area contributed by atoms with E-state index in [2.05, 4.69) is 5.32 Å². The van der Waals surface area contributed by atoms with Crippen LogP contribution >= 0.6 is 0 Å². The Kier molecular flexibility index (Phi) is 4.08. The summed E-state index contributed by atoms with van der Waals surface area (Å²) in [4.78, 5) is 11.6. The van der Waals surface area contributed by atoms with Crippen LogP contribution in [-0.4, -0.2) is 30.3 Å². The summed E-state index contributed by atoms with van der Waals surface area (Å²) in [6.07, 6.45) is -1.24. The molecule has 2 rings (SSSR count). The van der Waals surface area contributed by atoms with Crippen LogP contribution in [0, 0.1) is 5.92 Å². The van der Waals surface area contributed by atoms with Gasteiger partial charge in [-0.25, -0.2) is 0 Å². The molecule has 2 fully saturated rings. The second-order valence-corrected chi connectivity index (χ2v) is 5.54. The number of hydrogen-bond donors (Lipinski definition) is 1. The molecule has 3 nitrogen and oxygen atoms in total. The zero-order valence-electron chi connectivity index (χ0n) is 11.1. The van der Waals surface area contributed by atoms with E-state index in [0.29, 0.717) is 19.4 Å². The Hall–Kier alpha value is -0.780. The molecule has 2 atom stereocenters. The van der Waals surface area contributed by atoms with Gasteiger partial charge >= 0.3 is 12.1 Å². The van der Waals surface area contributed by atoms with Crippen molar-refractivity contribution < 1.29 is 22.7 Å². The lowest BCUT2D eigenvalue weighted by atomic mass is 9.85. The quantitative estimate of drug-likeness (QED) is 0.804. The lowest BCUT2D eigenvalue weighted by molar-refractivity contribution is -0.169. The summed E-state index contributed by atoms with van der Waals surface area (Å²) in [6, 6.07) is -0.229. The number of rotatable bonds is 4. The summed E-state index contributed by atoms with van der Waals surface area (Å²) in [7, 11) is 0. The van der Waals surface area contributed by atoms with Gasteiger partial charge in [-0.05, 0) is 39.0 Å². The molecule has 2 saturated carbocycles. The smallest absolute Gasteiger partial charge is 0.406 e. The van der Waals surface area contributed by atoms with Crippen molar-refractivity contribution in [2.45, 2.75) is 63.2 Å². The van der Waals surface area contributed by atoms with Gasteiger partial charge in [-0.3, -0.25) is 4.79 Å². The first-order valence-corrected chi connectivity index (χ1v) is 6.89. The van der Waals surface area contributed by atoms with Crippen molar-refractivity contribution in [1.29, 1.82) is 0 Å². The number of esters is 1. The van der Waals surface area contributed by atoms with Gasteiger partial charge in [0.1, 0.15) is 5.54 Å². The molecule has 0 heterocycles. The highest BCUT2D eigenvalue weighted by Gasteiger charge is 2.63. The van der Waals surface area contributed by atoms with Crippen molar-refractivity contribution in [2.24, 2.45) is 5.92 Å². The molecule has 2 aliphatic carbocycles. The number of ether oxygens (including phenoxy) is 1. The Morgan fingerprint density at radius 1 is 1.37 bits per heavy atom. The summed E-state index contributed by atoms with van der Waals surface area (Å²) in [5, 5.41) is 2.74. The van der Waals surface area contributed by atoms with Crippen molar-refractivity contribution in [1.82, 2.24) is 5.32 Å². The minimum Gasteiger partial charge on any atom is -0.466 e. The number of carbonyl (C=O) groups excluding carboxylic acids is 1. The summed E-state index contributed by atoms with van der Waals surface area (Å²) >= 11 is 0. The van der Waals surface area contributed by atoms with Gasteiger partial charge < -0.3 is 10.1 Å². The van der Waals surface area contributed by atoms with Gasteiger partial charge in [-0.1, -0.05) is 6.42 Å². The number of carbonyl (C=O) groups is 1. The van der Waals surface area contributed by atoms with Crippen molar-refractivity contribution in [3.05, 3.63) is 0 Å². The first kappa shape index (κ1) is 14.6. The number of halogens is 3. The minimum atomic E-state index is -4.19. The molecule has 0 saturated heterocycles. The highest BCUT2D eigenvalue weighted by atomic mass is 19.4. The maximum absolute atomic E-state index is 12.9. The summed E-state index contributed by atoms with van der Waals surface area (Å²) in [5.74, 6) is -0.527. The molecule has 6 heteroatoms. The van der Waals surface area contributed by atoms with E-state index in [1.165, 1.54) is 0 Å². The van der Waals surface area contributed by atoms with Crippen molar-refractivity contribution >= 4 is 5.97 Å².